The molecule has 8 heteroatoms. The van der Waals surface area contributed by atoms with E-state index in [9.17, 15) is 13.6 Å². The van der Waals surface area contributed by atoms with E-state index < -0.39 is 16.7 Å². The van der Waals surface area contributed by atoms with E-state index in [2.05, 4.69) is 30.6 Å². The van der Waals surface area contributed by atoms with E-state index in [-0.39, 0.29) is 17.0 Å². The van der Waals surface area contributed by atoms with E-state index >= 15 is 0 Å². The number of halogens is 3. The maximum atomic E-state index is 12.8. The van der Waals surface area contributed by atoms with Gasteiger partial charge in [0.25, 0.3) is 0 Å². The maximum absolute atomic E-state index is 12.8. The lowest BCUT2D eigenvalue weighted by molar-refractivity contribution is 0.0696. The van der Waals surface area contributed by atoms with Gasteiger partial charge in [-0.05, 0) is 12.1 Å². The van der Waals surface area contributed by atoms with E-state index in [0.717, 1.165) is 0 Å². The van der Waals surface area contributed by atoms with Gasteiger partial charge in [0.05, 0.1) is 5.56 Å². The molecule has 0 atom stereocenters. The molecule has 0 fully saturated rings. The third-order valence-electron chi connectivity index (χ3n) is 2.04. The van der Waals surface area contributed by atoms with Crippen molar-refractivity contribution in [1.82, 2.24) is 10.1 Å². The molecule has 5 nitrogen and oxygen atoms in total. The topological polar surface area (TPSA) is 76.2 Å². The van der Waals surface area contributed by atoms with Gasteiger partial charge in [0, 0.05) is 21.5 Å². The van der Waals surface area contributed by atoms with Gasteiger partial charge in [-0.25, -0.2) is 4.79 Å². The summed E-state index contributed by atoms with van der Waals surface area (Å²) in [6.45, 7) is 0. The predicted molar refractivity (Wildman–Crippen MR) is 59.5 cm³/mol. The number of aromatic nitrogens is 2. The van der Waals surface area contributed by atoms with E-state index in [1.807, 2.05) is 0 Å². The second kappa shape index (κ2) is 4.45. The second-order valence-electron chi connectivity index (χ2n) is 3.31. The lowest BCUT2D eigenvalue weighted by Crippen LogP contribution is -2.02. The molecule has 0 aliphatic heterocycles. The Kier molecular flexibility index (Phi) is 3.12. The molecule has 2 rings (SSSR count). The van der Waals surface area contributed by atoms with E-state index in [1.54, 1.807) is 0 Å². The van der Waals surface area contributed by atoms with Gasteiger partial charge in [-0.1, -0.05) is 17.3 Å². The van der Waals surface area contributed by atoms with Gasteiger partial charge in [-0.3, -0.25) is 0 Å². The number of benzene rings is 1. The largest absolute Gasteiger partial charge is 0.478 e. The maximum Gasteiger partial charge on any atom is 0.378 e. The highest BCUT2D eigenvalue weighted by Gasteiger charge is 2.34. The number of carboxylic acids is 1. The highest BCUT2D eigenvalue weighted by atomic mass is 79.9. The lowest BCUT2D eigenvalue weighted by Gasteiger charge is -1.99. The fraction of sp³-hybridized carbons (Fsp3) is 0.100. The Bertz CT molecular complexity index is 595. The SMILES string of the molecule is O=C(O)c1cccc(-c2noc(C(F)(F)Br)n2)c1. The molecule has 2 aromatic rings. The molecule has 0 spiro atoms. The molecule has 1 N–H and O–H groups in total. The minimum atomic E-state index is -3.41. The van der Waals surface area contributed by atoms with Crippen LogP contribution in [-0.2, 0) is 4.83 Å². The molecule has 0 aliphatic rings. The molecule has 0 amide bonds. The first-order chi connectivity index (χ1) is 8.38. The summed E-state index contributed by atoms with van der Waals surface area (Å²) in [6, 6.07) is 5.59. The van der Waals surface area contributed by atoms with Crippen LogP contribution in [0, 0.1) is 0 Å². The first kappa shape index (κ1) is 12.6. The van der Waals surface area contributed by atoms with Gasteiger partial charge in [0.2, 0.25) is 5.82 Å². The van der Waals surface area contributed by atoms with Crippen molar-refractivity contribution in [3.05, 3.63) is 35.7 Å². The number of nitrogens with zero attached hydrogens (tertiary/aromatic N) is 2. The third-order valence-corrected chi connectivity index (χ3v) is 2.38. The molecule has 0 unspecified atom stereocenters. The summed E-state index contributed by atoms with van der Waals surface area (Å²) in [5.74, 6) is -2.13. The monoisotopic (exact) mass is 318 g/mol. The van der Waals surface area contributed by atoms with Crippen LogP contribution in [0.2, 0.25) is 0 Å². The number of carboxylic acid groups (broad SMARTS) is 1. The van der Waals surface area contributed by atoms with Crippen LogP contribution in [0.3, 0.4) is 0 Å². The van der Waals surface area contributed by atoms with E-state index in [0.29, 0.717) is 0 Å². The molecule has 0 bridgehead atoms. The number of alkyl halides is 3. The molecule has 0 saturated carbocycles. The Hall–Kier alpha value is -1.83. The summed E-state index contributed by atoms with van der Waals surface area (Å²) in [7, 11) is 0. The first-order valence-electron chi connectivity index (χ1n) is 4.62. The molecular weight excluding hydrogens is 314 g/mol. The van der Waals surface area contributed by atoms with E-state index in [1.165, 1.54) is 24.3 Å². The first-order valence-corrected chi connectivity index (χ1v) is 5.42. The quantitative estimate of drug-likeness (QED) is 0.880. The van der Waals surface area contributed by atoms with Gasteiger partial charge >= 0.3 is 16.7 Å². The Morgan fingerprint density at radius 2 is 2.17 bits per heavy atom. The van der Waals surface area contributed by atoms with Crippen molar-refractivity contribution in [1.29, 1.82) is 0 Å². The van der Waals surface area contributed by atoms with Crippen LogP contribution in [-0.4, -0.2) is 21.2 Å². The van der Waals surface area contributed by atoms with Crippen LogP contribution < -0.4 is 0 Å². The van der Waals surface area contributed by atoms with Gasteiger partial charge in [-0.15, -0.1) is 0 Å². The molecule has 18 heavy (non-hydrogen) atoms. The smallest absolute Gasteiger partial charge is 0.378 e. The summed E-state index contributed by atoms with van der Waals surface area (Å²) < 4.78 is 30.0. The number of hydrogen-bond acceptors (Lipinski definition) is 4. The highest BCUT2D eigenvalue weighted by molar-refractivity contribution is 9.09. The Morgan fingerprint density at radius 3 is 2.72 bits per heavy atom. The van der Waals surface area contributed by atoms with Crippen LogP contribution in [0.4, 0.5) is 8.78 Å². The zero-order chi connectivity index (χ0) is 13.3. The normalized spacial score (nSPS) is 11.5. The van der Waals surface area contributed by atoms with Crippen LogP contribution >= 0.6 is 15.9 Å². The van der Waals surface area contributed by atoms with Crippen molar-refractivity contribution in [2.24, 2.45) is 0 Å². The van der Waals surface area contributed by atoms with Crippen molar-refractivity contribution < 1.29 is 23.2 Å². The van der Waals surface area contributed by atoms with Gasteiger partial charge in [0.1, 0.15) is 0 Å². The van der Waals surface area contributed by atoms with Gasteiger partial charge in [-0.2, -0.15) is 13.8 Å². The summed E-state index contributed by atoms with van der Waals surface area (Å²) in [5, 5.41) is 12.2. The average molecular weight is 319 g/mol. The molecule has 94 valence electrons. The summed E-state index contributed by atoms with van der Waals surface area (Å²) in [4.78, 5) is 10.8. The Labute approximate surface area is 108 Å². The number of carbonyl (C=O) groups is 1. The van der Waals surface area contributed by atoms with Crippen molar-refractivity contribution >= 4 is 21.9 Å². The number of rotatable bonds is 3. The highest BCUT2D eigenvalue weighted by Crippen LogP contribution is 2.34. The number of hydrogen-bond donors (Lipinski definition) is 1. The van der Waals surface area contributed by atoms with Crippen molar-refractivity contribution in [3.8, 4) is 11.4 Å². The van der Waals surface area contributed by atoms with Gasteiger partial charge in [0.15, 0.2) is 0 Å². The minimum Gasteiger partial charge on any atom is -0.478 e. The zero-order valence-corrected chi connectivity index (χ0v) is 10.2. The summed E-state index contributed by atoms with van der Waals surface area (Å²) >= 11 is 2.09. The van der Waals surface area contributed by atoms with E-state index in [4.69, 9.17) is 5.11 Å². The van der Waals surface area contributed by atoms with Crippen LogP contribution in [0.5, 0.6) is 0 Å². The van der Waals surface area contributed by atoms with Gasteiger partial charge < -0.3 is 9.63 Å². The second-order valence-corrected chi connectivity index (χ2v) is 4.30. The van der Waals surface area contributed by atoms with Crippen molar-refractivity contribution in [2.75, 3.05) is 0 Å². The molecule has 1 aromatic carbocycles. The summed E-state index contributed by atoms with van der Waals surface area (Å²) in [5.41, 5.74) is 0.283. The molecule has 1 aromatic heterocycles. The molecule has 0 saturated heterocycles. The fourth-order valence-corrected chi connectivity index (χ4v) is 1.41. The Balaban J connectivity index is 2.40. The van der Waals surface area contributed by atoms with Crippen molar-refractivity contribution in [3.63, 3.8) is 0 Å². The van der Waals surface area contributed by atoms with Crippen LogP contribution in [0.15, 0.2) is 28.8 Å². The number of aromatic carboxylic acids is 1. The van der Waals surface area contributed by atoms with Crippen LogP contribution in [0.25, 0.3) is 11.4 Å². The predicted octanol–water partition coefficient (Wildman–Crippen LogP) is 2.88. The lowest BCUT2D eigenvalue weighted by atomic mass is 10.1. The standard InChI is InChI=1S/C10H5BrF2N2O3/c11-10(12,13)9-14-7(15-18-9)5-2-1-3-6(4-5)8(16)17/h1-4H,(H,16,17). The molecule has 1 heterocycles. The Morgan fingerprint density at radius 1 is 1.44 bits per heavy atom. The molecule has 0 aliphatic carbocycles. The zero-order valence-electron chi connectivity index (χ0n) is 8.60. The van der Waals surface area contributed by atoms with Crippen LogP contribution in [0.1, 0.15) is 16.2 Å². The fourth-order valence-electron chi connectivity index (χ4n) is 1.25. The minimum absolute atomic E-state index is 0.00412. The third kappa shape index (κ3) is 2.53. The summed E-state index contributed by atoms with van der Waals surface area (Å²) in [6.07, 6.45) is 0. The molecule has 0 radical (unpaired) electrons. The molecular formula is C10H5BrF2N2O3. The van der Waals surface area contributed by atoms with Crippen molar-refractivity contribution in [2.45, 2.75) is 4.83 Å². The average Bonchev–Trinajstić information content (AvgIpc) is 2.78.